The normalized spacial score (nSPS) is 11.7. The van der Waals surface area contributed by atoms with Gasteiger partial charge in [0.05, 0.1) is 4.92 Å². The standard InChI is InChI=1S/C15H13BrN2O3/c1-10(16)11-6-2-4-8-13(11)17-15(19)12-7-3-5-9-14(12)18(20)21/h2-10H,1H3,(H,17,19). The Morgan fingerprint density at radius 3 is 2.48 bits per heavy atom. The van der Waals surface area contributed by atoms with Crippen molar-refractivity contribution in [2.75, 3.05) is 5.32 Å². The van der Waals surface area contributed by atoms with Gasteiger partial charge in [0.25, 0.3) is 11.6 Å². The van der Waals surface area contributed by atoms with Crippen LogP contribution in [0.1, 0.15) is 27.7 Å². The summed E-state index contributed by atoms with van der Waals surface area (Å²) >= 11 is 3.46. The Morgan fingerprint density at radius 2 is 1.81 bits per heavy atom. The summed E-state index contributed by atoms with van der Waals surface area (Å²) < 4.78 is 0. The summed E-state index contributed by atoms with van der Waals surface area (Å²) in [6.07, 6.45) is 0. The number of nitro groups is 1. The number of nitrogens with one attached hydrogen (secondary N) is 1. The summed E-state index contributed by atoms with van der Waals surface area (Å²) in [5.74, 6) is -0.497. The first-order valence-corrected chi connectivity index (χ1v) is 7.20. The summed E-state index contributed by atoms with van der Waals surface area (Å²) in [7, 11) is 0. The molecule has 1 atom stereocenters. The Bertz CT molecular complexity index is 686. The number of rotatable bonds is 4. The summed E-state index contributed by atoms with van der Waals surface area (Å²) in [5.41, 5.74) is 1.37. The molecule has 1 amide bonds. The smallest absolute Gasteiger partial charge is 0.282 e. The first kappa shape index (κ1) is 15.2. The molecule has 1 N–H and O–H groups in total. The molecule has 0 aliphatic heterocycles. The third-order valence-corrected chi connectivity index (χ3v) is 3.48. The van der Waals surface area contributed by atoms with Crippen molar-refractivity contribution < 1.29 is 9.72 Å². The molecule has 6 heteroatoms. The molecule has 2 rings (SSSR count). The molecule has 0 spiro atoms. The van der Waals surface area contributed by atoms with Crippen molar-refractivity contribution in [2.24, 2.45) is 0 Å². The van der Waals surface area contributed by atoms with Crippen molar-refractivity contribution in [1.29, 1.82) is 0 Å². The van der Waals surface area contributed by atoms with Gasteiger partial charge in [0.2, 0.25) is 0 Å². The Hall–Kier alpha value is -2.21. The van der Waals surface area contributed by atoms with Gasteiger partial charge in [0, 0.05) is 16.6 Å². The van der Waals surface area contributed by atoms with E-state index in [9.17, 15) is 14.9 Å². The van der Waals surface area contributed by atoms with Gasteiger partial charge in [-0.25, -0.2) is 0 Å². The van der Waals surface area contributed by atoms with Gasteiger partial charge >= 0.3 is 0 Å². The average Bonchev–Trinajstić information content (AvgIpc) is 2.47. The number of anilines is 1. The van der Waals surface area contributed by atoms with Gasteiger partial charge in [-0.3, -0.25) is 14.9 Å². The lowest BCUT2D eigenvalue weighted by atomic mass is 10.1. The van der Waals surface area contributed by atoms with Crippen molar-refractivity contribution in [3.63, 3.8) is 0 Å². The van der Waals surface area contributed by atoms with E-state index >= 15 is 0 Å². The van der Waals surface area contributed by atoms with Gasteiger partial charge in [-0.2, -0.15) is 0 Å². The quantitative estimate of drug-likeness (QED) is 0.508. The summed E-state index contributed by atoms with van der Waals surface area (Å²) in [6, 6.07) is 13.2. The van der Waals surface area contributed by atoms with Crippen molar-refractivity contribution in [2.45, 2.75) is 11.8 Å². The lowest BCUT2D eigenvalue weighted by Gasteiger charge is -2.12. The van der Waals surface area contributed by atoms with Crippen LogP contribution >= 0.6 is 15.9 Å². The van der Waals surface area contributed by atoms with Crippen LogP contribution in [-0.4, -0.2) is 10.8 Å². The lowest BCUT2D eigenvalue weighted by Crippen LogP contribution is -2.15. The fourth-order valence-electron chi connectivity index (χ4n) is 1.97. The third kappa shape index (κ3) is 3.46. The number of benzene rings is 2. The molecule has 5 nitrogen and oxygen atoms in total. The molecule has 21 heavy (non-hydrogen) atoms. The molecule has 0 fully saturated rings. The summed E-state index contributed by atoms with van der Waals surface area (Å²) in [5, 5.41) is 13.7. The van der Waals surface area contributed by atoms with Crippen LogP contribution in [0.4, 0.5) is 11.4 Å². The van der Waals surface area contributed by atoms with Gasteiger partial charge < -0.3 is 5.32 Å². The number of hydrogen-bond acceptors (Lipinski definition) is 3. The summed E-state index contributed by atoms with van der Waals surface area (Å²) in [4.78, 5) is 22.7. The molecule has 108 valence electrons. The molecule has 0 aromatic heterocycles. The first-order chi connectivity index (χ1) is 10.0. The number of halogens is 1. The highest BCUT2D eigenvalue weighted by molar-refractivity contribution is 9.09. The lowest BCUT2D eigenvalue weighted by molar-refractivity contribution is -0.385. The van der Waals surface area contributed by atoms with Crippen LogP contribution in [0.5, 0.6) is 0 Å². The van der Waals surface area contributed by atoms with E-state index in [4.69, 9.17) is 0 Å². The van der Waals surface area contributed by atoms with E-state index in [2.05, 4.69) is 21.2 Å². The SMILES string of the molecule is CC(Br)c1ccccc1NC(=O)c1ccccc1[N+](=O)[O-]. The van der Waals surface area contributed by atoms with Crippen molar-refractivity contribution in [1.82, 2.24) is 0 Å². The number of alkyl halides is 1. The van der Waals surface area contributed by atoms with E-state index in [0.717, 1.165) is 5.56 Å². The number of carbonyl (C=O) groups is 1. The van der Waals surface area contributed by atoms with Crippen LogP contribution < -0.4 is 5.32 Å². The maximum Gasteiger partial charge on any atom is 0.282 e. The average molecular weight is 349 g/mol. The predicted octanol–water partition coefficient (Wildman–Crippen LogP) is 4.30. The van der Waals surface area contributed by atoms with Crippen LogP contribution in [0.3, 0.4) is 0 Å². The Morgan fingerprint density at radius 1 is 1.19 bits per heavy atom. The van der Waals surface area contributed by atoms with E-state index in [1.807, 2.05) is 19.1 Å². The zero-order valence-electron chi connectivity index (χ0n) is 11.2. The van der Waals surface area contributed by atoms with E-state index in [-0.39, 0.29) is 16.1 Å². The highest BCUT2D eigenvalue weighted by Crippen LogP contribution is 2.29. The van der Waals surface area contributed by atoms with Crippen LogP contribution in [-0.2, 0) is 0 Å². The van der Waals surface area contributed by atoms with Crippen LogP contribution in [0.15, 0.2) is 48.5 Å². The van der Waals surface area contributed by atoms with Gasteiger partial charge in [-0.1, -0.05) is 46.3 Å². The number of para-hydroxylation sites is 2. The molecular weight excluding hydrogens is 336 g/mol. The number of carbonyl (C=O) groups excluding carboxylic acids is 1. The molecular formula is C15H13BrN2O3. The van der Waals surface area contributed by atoms with E-state index < -0.39 is 10.8 Å². The molecule has 2 aromatic rings. The second-order valence-corrected chi connectivity index (χ2v) is 5.81. The molecule has 0 bridgehead atoms. The second kappa shape index (κ2) is 6.49. The van der Waals surface area contributed by atoms with Gasteiger partial charge in [0.15, 0.2) is 0 Å². The van der Waals surface area contributed by atoms with Crippen molar-refractivity contribution >= 4 is 33.2 Å². The van der Waals surface area contributed by atoms with E-state index in [0.29, 0.717) is 5.69 Å². The highest BCUT2D eigenvalue weighted by Gasteiger charge is 2.20. The maximum atomic E-state index is 12.3. The number of hydrogen-bond donors (Lipinski definition) is 1. The second-order valence-electron chi connectivity index (χ2n) is 4.43. The topological polar surface area (TPSA) is 72.2 Å². The van der Waals surface area contributed by atoms with Crippen molar-refractivity contribution in [3.05, 3.63) is 69.8 Å². The molecule has 2 aromatic carbocycles. The van der Waals surface area contributed by atoms with E-state index in [1.54, 1.807) is 18.2 Å². The Balaban J connectivity index is 2.33. The first-order valence-electron chi connectivity index (χ1n) is 6.28. The van der Waals surface area contributed by atoms with Gasteiger partial charge in [-0.05, 0) is 24.6 Å². The zero-order valence-corrected chi connectivity index (χ0v) is 12.8. The van der Waals surface area contributed by atoms with Crippen molar-refractivity contribution in [3.8, 4) is 0 Å². The molecule has 1 unspecified atom stereocenters. The molecule has 0 aliphatic rings. The Kier molecular flexibility index (Phi) is 4.70. The zero-order chi connectivity index (χ0) is 15.4. The minimum Gasteiger partial charge on any atom is -0.321 e. The minimum atomic E-state index is -0.562. The highest BCUT2D eigenvalue weighted by atomic mass is 79.9. The number of amides is 1. The predicted molar refractivity (Wildman–Crippen MR) is 84.8 cm³/mol. The van der Waals surface area contributed by atoms with Crippen LogP contribution in [0, 0.1) is 10.1 Å². The number of nitrogens with zero attached hydrogens (tertiary/aromatic N) is 1. The van der Waals surface area contributed by atoms with Gasteiger partial charge in [-0.15, -0.1) is 0 Å². The molecule has 0 heterocycles. The van der Waals surface area contributed by atoms with E-state index in [1.165, 1.54) is 18.2 Å². The number of nitro benzene ring substituents is 1. The molecule has 0 saturated heterocycles. The monoisotopic (exact) mass is 348 g/mol. The van der Waals surface area contributed by atoms with Crippen LogP contribution in [0.25, 0.3) is 0 Å². The van der Waals surface area contributed by atoms with Crippen LogP contribution in [0.2, 0.25) is 0 Å². The third-order valence-electron chi connectivity index (χ3n) is 2.98. The molecule has 0 saturated carbocycles. The van der Waals surface area contributed by atoms with Gasteiger partial charge in [0.1, 0.15) is 5.56 Å². The molecule has 0 radical (unpaired) electrons. The molecule has 0 aliphatic carbocycles. The Labute approximate surface area is 130 Å². The largest absolute Gasteiger partial charge is 0.321 e. The maximum absolute atomic E-state index is 12.3. The minimum absolute atomic E-state index is 0.0412. The fourth-order valence-corrected chi connectivity index (χ4v) is 2.37. The summed E-state index contributed by atoms with van der Waals surface area (Å²) in [6.45, 7) is 1.94. The fraction of sp³-hybridized carbons (Fsp3) is 0.133.